The number of benzene rings is 4. The van der Waals surface area contributed by atoms with Crippen LogP contribution in [0.4, 0.5) is 0 Å². The van der Waals surface area contributed by atoms with Crippen molar-refractivity contribution in [1.82, 2.24) is 0 Å². The van der Waals surface area contributed by atoms with E-state index in [9.17, 15) is 0 Å². The van der Waals surface area contributed by atoms with Gasteiger partial charge in [-0.15, -0.1) is 0 Å². The normalized spacial score (nSPS) is 11.0. The maximum absolute atomic E-state index is 9.07. The molecule has 0 bridgehead atoms. The summed E-state index contributed by atoms with van der Waals surface area (Å²) in [6, 6.07) is 25.7. The van der Waals surface area contributed by atoms with Gasteiger partial charge < -0.3 is 0 Å². The second kappa shape index (κ2) is 4.61. The predicted molar refractivity (Wildman–Crippen MR) is 88.3 cm³/mol. The molecule has 0 radical (unpaired) electrons. The zero-order valence-corrected chi connectivity index (χ0v) is 11.5. The molecule has 4 aromatic carbocycles. The maximum Gasteiger partial charge on any atom is 0.0669 e. The Morgan fingerprint density at radius 2 is 1.43 bits per heavy atom. The molecule has 0 saturated carbocycles. The van der Waals surface area contributed by atoms with E-state index in [-0.39, 0.29) is 0 Å². The summed E-state index contributed by atoms with van der Waals surface area (Å²) in [6.45, 7) is 0. The van der Waals surface area contributed by atoms with E-state index in [1.165, 1.54) is 32.3 Å². The van der Waals surface area contributed by atoms with Gasteiger partial charge in [-0.05, 0) is 50.0 Å². The summed E-state index contributed by atoms with van der Waals surface area (Å²) in [6.07, 6.45) is 0.448. The molecule has 1 nitrogen and oxygen atoms in total. The molecule has 0 aliphatic carbocycles. The molecule has 1 heteroatoms. The number of fused-ring (bicyclic) bond motifs is 4. The van der Waals surface area contributed by atoms with Gasteiger partial charge in [0.15, 0.2) is 0 Å². The van der Waals surface area contributed by atoms with E-state index < -0.39 is 0 Å². The van der Waals surface area contributed by atoms with Crippen molar-refractivity contribution in [1.29, 1.82) is 5.26 Å². The van der Waals surface area contributed by atoms with Crippen LogP contribution in [0.1, 0.15) is 5.56 Å². The van der Waals surface area contributed by atoms with Gasteiger partial charge in [0, 0.05) is 0 Å². The average Bonchev–Trinajstić information content (AvgIpc) is 2.53. The zero-order valence-electron chi connectivity index (χ0n) is 11.5. The summed E-state index contributed by atoms with van der Waals surface area (Å²) in [4.78, 5) is 0. The zero-order chi connectivity index (χ0) is 14.2. The largest absolute Gasteiger partial charge is 0.198 e. The highest BCUT2D eigenvalue weighted by Crippen LogP contribution is 2.31. The summed E-state index contributed by atoms with van der Waals surface area (Å²) in [5, 5.41) is 16.4. The number of hydrogen-bond donors (Lipinski definition) is 0. The fraction of sp³-hybridized carbons (Fsp3) is 0.0500. The quantitative estimate of drug-likeness (QED) is 0.343. The predicted octanol–water partition coefficient (Wildman–Crippen LogP) is 5.21. The molecule has 98 valence electrons. The first kappa shape index (κ1) is 11.9. The van der Waals surface area contributed by atoms with Crippen LogP contribution >= 0.6 is 0 Å². The molecule has 0 heterocycles. The van der Waals surface area contributed by atoms with Crippen molar-refractivity contribution in [3.8, 4) is 6.07 Å². The lowest BCUT2D eigenvalue weighted by Gasteiger charge is -2.09. The van der Waals surface area contributed by atoms with Crippen LogP contribution in [0.15, 0.2) is 66.7 Å². The topological polar surface area (TPSA) is 23.8 Å². The van der Waals surface area contributed by atoms with Gasteiger partial charge in [-0.1, -0.05) is 54.6 Å². The van der Waals surface area contributed by atoms with E-state index >= 15 is 0 Å². The molecule has 0 fully saturated rings. The van der Waals surface area contributed by atoms with Crippen LogP contribution in [-0.4, -0.2) is 0 Å². The monoisotopic (exact) mass is 267 g/mol. The third kappa shape index (κ3) is 1.85. The fourth-order valence-electron chi connectivity index (χ4n) is 3.11. The van der Waals surface area contributed by atoms with Crippen LogP contribution in [-0.2, 0) is 6.42 Å². The molecule has 0 amide bonds. The lowest BCUT2D eigenvalue weighted by molar-refractivity contribution is 1.29. The van der Waals surface area contributed by atoms with E-state index in [0.29, 0.717) is 6.42 Å². The van der Waals surface area contributed by atoms with Crippen LogP contribution in [0.3, 0.4) is 0 Å². The van der Waals surface area contributed by atoms with Crippen LogP contribution < -0.4 is 0 Å². The Hall–Kier alpha value is -2.85. The first-order chi connectivity index (χ1) is 10.4. The van der Waals surface area contributed by atoms with Crippen LogP contribution in [0, 0.1) is 11.3 Å². The fourth-order valence-corrected chi connectivity index (χ4v) is 3.11. The summed E-state index contributed by atoms with van der Waals surface area (Å²) >= 11 is 0. The van der Waals surface area contributed by atoms with E-state index in [1.54, 1.807) is 0 Å². The molecule has 21 heavy (non-hydrogen) atoms. The molecule has 0 saturated heterocycles. The molecular formula is C20H13N. The highest BCUT2D eigenvalue weighted by Gasteiger charge is 2.06. The van der Waals surface area contributed by atoms with Gasteiger partial charge in [-0.3, -0.25) is 0 Å². The van der Waals surface area contributed by atoms with Crippen molar-refractivity contribution in [2.24, 2.45) is 0 Å². The molecule has 0 N–H and O–H groups in total. The Morgan fingerprint density at radius 3 is 2.24 bits per heavy atom. The Morgan fingerprint density at radius 1 is 0.714 bits per heavy atom. The summed E-state index contributed by atoms with van der Waals surface area (Å²) in [7, 11) is 0. The minimum Gasteiger partial charge on any atom is -0.198 e. The van der Waals surface area contributed by atoms with E-state index in [1.807, 2.05) is 6.07 Å². The van der Waals surface area contributed by atoms with Crippen LogP contribution in [0.5, 0.6) is 0 Å². The molecule has 0 atom stereocenters. The molecule has 4 rings (SSSR count). The SMILES string of the molecule is N#CCc1cccc2ccc3cc4ccccc4cc3c12. The molecule has 0 aliphatic heterocycles. The first-order valence-corrected chi connectivity index (χ1v) is 7.07. The second-order valence-electron chi connectivity index (χ2n) is 5.34. The van der Waals surface area contributed by atoms with E-state index in [4.69, 9.17) is 5.26 Å². The van der Waals surface area contributed by atoms with Crippen LogP contribution in [0.2, 0.25) is 0 Å². The Kier molecular flexibility index (Phi) is 2.62. The van der Waals surface area contributed by atoms with Crippen molar-refractivity contribution < 1.29 is 0 Å². The van der Waals surface area contributed by atoms with Crippen molar-refractivity contribution in [2.75, 3.05) is 0 Å². The van der Waals surface area contributed by atoms with Gasteiger partial charge in [0.1, 0.15) is 0 Å². The van der Waals surface area contributed by atoms with E-state index in [0.717, 1.165) is 5.56 Å². The van der Waals surface area contributed by atoms with E-state index in [2.05, 4.69) is 66.7 Å². The highest BCUT2D eigenvalue weighted by molar-refractivity contribution is 6.13. The van der Waals surface area contributed by atoms with Crippen molar-refractivity contribution in [3.63, 3.8) is 0 Å². The number of nitrogens with zero attached hydrogens (tertiary/aromatic N) is 1. The van der Waals surface area contributed by atoms with Gasteiger partial charge in [-0.2, -0.15) is 5.26 Å². The van der Waals surface area contributed by atoms with Gasteiger partial charge in [-0.25, -0.2) is 0 Å². The number of nitriles is 1. The minimum absolute atomic E-state index is 0.448. The minimum atomic E-state index is 0.448. The highest BCUT2D eigenvalue weighted by atomic mass is 14.2. The van der Waals surface area contributed by atoms with Gasteiger partial charge in [0.2, 0.25) is 0 Å². The second-order valence-corrected chi connectivity index (χ2v) is 5.34. The number of rotatable bonds is 1. The summed E-state index contributed by atoms with van der Waals surface area (Å²) in [5.74, 6) is 0. The lowest BCUT2D eigenvalue weighted by atomic mass is 9.94. The van der Waals surface area contributed by atoms with Crippen molar-refractivity contribution in [3.05, 3.63) is 72.3 Å². The Bertz CT molecular complexity index is 1020. The summed E-state index contributed by atoms with van der Waals surface area (Å²) < 4.78 is 0. The van der Waals surface area contributed by atoms with Gasteiger partial charge in [0.25, 0.3) is 0 Å². The van der Waals surface area contributed by atoms with Crippen molar-refractivity contribution >= 4 is 32.3 Å². The standard InChI is InChI=1S/C20H13N/c21-11-10-15-7-3-6-14-8-9-18-12-16-4-1-2-5-17(16)13-19(18)20(14)15/h1-9,12-13H,10H2. The molecule has 0 aliphatic rings. The lowest BCUT2D eigenvalue weighted by Crippen LogP contribution is -1.87. The van der Waals surface area contributed by atoms with Gasteiger partial charge in [0.05, 0.1) is 12.5 Å². The first-order valence-electron chi connectivity index (χ1n) is 7.07. The molecule has 0 spiro atoms. The molecular weight excluding hydrogens is 254 g/mol. The third-order valence-corrected chi connectivity index (χ3v) is 4.08. The Balaban J connectivity index is 2.21. The van der Waals surface area contributed by atoms with Gasteiger partial charge >= 0.3 is 0 Å². The Labute approximate surface area is 123 Å². The van der Waals surface area contributed by atoms with Crippen molar-refractivity contribution in [2.45, 2.75) is 6.42 Å². The average molecular weight is 267 g/mol. The summed E-state index contributed by atoms with van der Waals surface area (Å²) in [5.41, 5.74) is 1.11. The molecule has 0 unspecified atom stereocenters. The molecule has 4 aromatic rings. The molecule has 0 aromatic heterocycles. The van der Waals surface area contributed by atoms with Crippen LogP contribution in [0.25, 0.3) is 32.3 Å². The number of hydrogen-bond acceptors (Lipinski definition) is 1. The smallest absolute Gasteiger partial charge is 0.0669 e. The third-order valence-electron chi connectivity index (χ3n) is 4.08. The maximum atomic E-state index is 9.07.